The largest absolute Gasteiger partial charge is 0.395 e. The highest BCUT2D eigenvalue weighted by molar-refractivity contribution is 5.78. The molecular weight excluding hydrogens is 223 g/mol. The summed E-state index contributed by atoms with van der Waals surface area (Å²) in [6.45, 7) is -0.261. The van der Waals surface area contributed by atoms with Crippen molar-refractivity contribution in [3.63, 3.8) is 0 Å². The molecule has 0 fully saturated rings. The molecule has 0 heterocycles. The summed E-state index contributed by atoms with van der Waals surface area (Å²) in [6, 6.07) is 1.02. The minimum absolute atomic E-state index is 0.00324. The van der Waals surface area contributed by atoms with Gasteiger partial charge in [-0.05, 0) is 0 Å². The Morgan fingerprint density at radius 3 is 2.31 bits per heavy atom. The maximum Gasteiger partial charge on any atom is 0.224 e. The number of hydrogen-bond acceptors (Lipinski definition) is 2. The van der Waals surface area contributed by atoms with E-state index < -0.39 is 35.3 Å². The van der Waals surface area contributed by atoms with Crippen molar-refractivity contribution in [2.75, 3.05) is 13.2 Å². The van der Waals surface area contributed by atoms with Crippen LogP contribution in [0, 0.1) is 17.5 Å². The number of benzene rings is 1. The molecule has 6 heteroatoms. The Balaban J connectivity index is 2.77. The number of hydrogen-bond donors (Lipinski definition) is 2. The van der Waals surface area contributed by atoms with Crippen LogP contribution in [0.15, 0.2) is 12.1 Å². The molecule has 0 atom stereocenters. The maximum absolute atomic E-state index is 13.1. The Bertz CT molecular complexity index is 373. The third-order valence-corrected chi connectivity index (χ3v) is 1.88. The maximum atomic E-state index is 13.1. The quantitative estimate of drug-likeness (QED) is 0.806. The van der Waals surface area contributed by atoms with E-state index in [0.717, 1.165) is 0 Å². The van der Waals surface area contributed by atoms with Gasteiger partial charge in [-0.15, -0.1) is 0 Å². The second-order valence-corrected chi connectivity index (χ2v) is 3.10. The molecule has 0 spiro atoms. The van der Waals surface area contributed by atoms with Crippen LogP contribution in [0.5, 0.6) is 0 Å². The van der Waals surface area contributed by atoms with Crippen LogP contribution < -0.4 is 5.32 Å². The molecule has 0 bridgehead atoms. The summed E-state index contributed by atoms with van der Waals surface area (Å²) in [7, 11) is 0. The zero-order valence-corrected chi connectivity index (χ0v) is 8.27. The molecule has 0 aromatic heterocycles. The summed E-state index contributed by atoms with van der Waals surface area (Å²) in [5.41, 5.74) is -0.489. The topological polar surface area (TPSA) is 49.3 Å². The van der Waals surface area contributed by atoms with Gasteiger partial charge in [0.15, 0.2) is 0 Å². The highest BCUT2D eigenvalue weighted by Gasteiger charge is 2.14. The molecule has 0 aliphatic carbocycles. The first kappa shape index (κ1) is 12.5. The molecule has 3 nitrogen and oxygen atoms in total. The summed E-state index contributed by atoms with van der Waals surface area (Å²) >= 11 is 0. The number of carbonyl (C=O) groups is 1. The molecule has 2 N–H and O–H groups in total. The third-order valence-electron chi connectivity index (χ3n) is 1.88. The van der Waals surface area contributed by atoms with Gasteiger partial charge in [-0.2, -0.15) is 0 Å². The van der Waals surface area contributed by atoms with Gasteiger partial charge in [-0.3, -0.25) is 4.79 Å². The molecule has 0 unspecified atom stereocenters. The van der Waals surface area contributed by atoms with E-state index in [1.807, 2.05) is 0 Å². The molecule has 0 saturated carbocycles. The zero-order valence-electron chi connectivity index (χ0n) is 8.27. The minimum atomic E-state index is -1.10. The molecular formula is C10H10F3NO2. The second kappa shape index (κ2) is 5.50. The van der Waals surface area contributed by atoms with Gasteiger partial charge in [0.25, 0.3) is 0 Å². The molecule has 0 radical (unpaired) electrons. The average molecular weight is 233 g/mol. The van der Waals surface area contributed by atoms with E-state index in [4.69, 9.17) is 5.11 Å². The fourth-order valence-electron chi connectivity index (χ4n) is 1.16. The van der Waals surface area contributed by atoms with E-state index in [-0.39, 0.29) is 13.2 Å². The summed E-state index contributed by atoms with van der Waals surface area (Å²) in [6.07, 6.45) is -0.530. The summed E-state index contributed by atoms with van der Waals surface area (Å²) in [5, 5.41) is 10.6. The van der Waals surface area contributed by atoms with Crippen LogP contribution in [-0.4, -0.2) is 24.2 Å². The van der Waals surface area contributed by atoms with Gasteiger partial charge in [0.2, 0.25) is 5.91 Å². The van der Waals surface area contributed by atoms with Crippen LogP contribution >= 0.6 is 0 Å². The first-order valence-corrected chi connectivity index (χ1v) is 4.55. The predicted molar refractivity (Wildman–Crippen MR) is 50.1 cm³/mol. The van der Waals surface area contributed by atoms with Crippen LogP contribution in [-0.2, 0) is 11.2 Å². The number of rotatable bonds is 4. The van der Waals surface area contributed by atoms with Gasteiger partial charge in [0.05, 0.1) is 13.0 Å². The van der Waals surface area contributed by atoms with E-state index in [2.05, 4.69) is 5.32 Å². The SMILES string of the molecule is O=C(Cc1c(F)cc(F)cc1F)NCCO. The number of nitrogens with one attached hydrogen (secondary N) is 1. The highest BCUT2D eigenvalue weighted by atomic mass is 19.1. The molecule has 88 valence electrons. The predicted octanol–water partition coefficient (Wildman–Crippen LogP) is 0.755. The molecule has 0 saturated heterocycles. The first-order chi connectivity index (χ1) is 7.54. The Morgan fingerprint density at radius 2 is 1.81 bits per heavy atom. The molecule has 1 amide bonds. The summed E-state index contributed by atoms with van der Waals surface area (Å²) in [4.78, 5) is 11.1. The van der Waals surface area contributed by atoms with E-state index in [9.17, 15) is 18.0 Å². The molecule has 0 aliphatic heterocycles. The average Bonchev–Trinajstić information content (AvgIpc) is 2.20. The van der Waals surface area contributed by atoms with Crippen LogP contribution in [0.4, 0.5) is 13.2 Å². The Labute approximate surface area is 89.9 Å². The lowest BCUT2D eigenvalue weighted by molar-refractivity contribution is -0.120. The van der Waals surface area contributed by atoms with Crippen molar-refractivity contribution in [3.05, 3.63) is 35.1 Å². The number of aliphatic hydroxyl groups excluding tert-OH is 1. The van der Waals surface area contributed by atoms with Crippen molar-refractivity contribution in [3.8, 4) is 0 Å². The van der Waals surface area contributed by atoms with Crippen LogP contribution in [0.25, 0.3) is 0 Å². The van der Waals surface area contributed by atoms with Crippen molar-refractivity contribution < 1.29 is 23.1 Å². The summed E-state index contributed by atoms with van der Waals surface area (Å²) in [5.74, 6) is -3.87. The number of aliphatic hydroxyl groups is 1. The van der Waals surface area contributed by atoms with E-state index >= 15 is 0 Å². The van der Waals surface area contributed by atoms with Gasteiger partial charge in [0, 0.05) is 24.2 Å². The van der Waals surface area contributed by atoms with Crippen molar-refractivity contribution in [1.29, 1.82) is 0 Å². The van der Waals surface area contributed by atoms with Crippen LogP contribution in [0.1, 0.15) is 5.56 Å². The van der Waals surface area contributed by atoms with Gasteiger partial charge >= 0.3 is 0 Å². The summed E-state index contributed by atoms with van der Waals surface area (Å²) < 4.78 is 38.7. The standard InChI is InChI=1S/C10H10F3NO2/c11-6-3-8(12)7(9(13)4-6)5-10(16)14-1-2-15/h3-4,15H,1-2,5H2,(H,14,16). The lowest BCUT2D eigenvalue weighted by Gasteiger charge is -2.05. The number of amides is 1. The van der Waals surface area contributed by atoms with Crippen LogP contribution in [0.2, 0.25) is 0 Å². The zero-order chi connectivity index (χ0) is 12.1. The van der Waals surface area contributed by atoms with Crippen molar-refractivity contribution in [2.24, 2.45) is 0 Å². The van der Waals surface area contributed by atoms with Gasteiger partial charge in [0.1, 0.15) is 17.5 Å². The lowest BCUT2D eigenvalue weighted by Crippen LogP contribution is -2.28. The van der Waals surface area contributed by atoms with E-state index in [1.165, 1.54) is 0 Å². The van der Waals surface area contributed by atoms with Crippen LogP contribution in [0.3, 0.4) is 0 Å². The molecule has 0 aliphatic rings. The van der Waals surface area contributed by atoms with E-state index in [0.29, 0.717) is 12.1 Å². The second-order valence-electron chi connectivity index (χ2n) is 3.10. The van der Waals surface area contributed by atoms with Gasteiger partial charge < -0.3 is 10.4 Å². The first-order valence-electron chi connectivity index (χ1n) is 4.55. The smallest absolute Gasteiger partial charge is 0.224 e. The molecule has 1 rings (SSSR count). The number of carbonyl (C=O) groups excluding carboxylic acids is 1. The monoisotopic (exact) mass is 233 g/mol. The fourth-order valence-corrected chi connectivity index (χ4v) is 1.16. The normalized spacial score (nSPS) is 10.2. The molecule has 16 heavy (non-hydrogen) atoms. The molecule has 1 aromatic carbocycles. The highest BCUT2D eigenvalue weighted by Crippen LogP contribution is 2.15. The third kappa shape index (κ3) is 3.23. The molecule has 1 aromatic rings. The Morgan fingerprint density at radius 1 is 1.25 bits per heavy atom. The van der Waals surface area contributed by atoms with Crippen molar-refractivity contribution in [2.45, 2.75) is 6.42 Å². The Hall–Kier alpha value is -1.56. The minimum Gasteiger partial charge on any atom is -0.395 e. The number of halogens is 3. The van der Waals surface area contributed by atoms with Crippen molar-refractivity contribution in [1.82, 2.24) is 5.32 Å². The fraction of sp³-hybridized carbons (Fsp3) is 0.300. The van der Waals surface area contributed by atoms with Gasteiger partial charge in [-0.25, -0.2) is 13.2 Å². The van der Waals surface area contributed by atoms with E-state index in [1.54, 1.807) is 0 Å². The Kier molecular flexibility index (Phi) is 4.30. The lowest BCUT2D eigenvalue weighted by atomic mass is 10.1. The van der Waals surface area contributed by atoms with Crippen molar-refractivity contribution >= 4 is 5.91 Å². The van der Waals surface area contributed by atoms with Gasteiger partial charge in [-0.1, -0.05) is 0 Å².